The van der Waals surface area contributed by atoms with Gasteiger partial charge in [-0.05, 0) is 38.1 Å². The summed E-state index contributed by atoms with van der Waals surface area (Å²) in [7, 11) is -4.28. The van der Waals surface area contributed by atoms with Crippen LogP contribution in [0.25, 0.3) is 11.3 Å². The average molecular weight is 456 g/mol. The molecule has 1 aromatic heterocycles. The third-order valence-electron chi connectivity index (χ3n) is 4.54. The molecule has 2 aromatic carbocycles. The molecule has 3 aromatic rings. The number of hydrogen-bond donors (Lipinski definition) is 1. The fourth-order valence-corrected chi connectivity index (χ4v) is 4.12. The lowest BCUT2D eigenvalue weighted by Gasteiger charge is -2.08. The van der Waals surface area contributed by atoms with E-state index in [4.69, 9.17) is 4.55 Å². The van der Waals surface area contributed by atoms with Crippen molar-refractivity contribution in [3.63, 3.8) is 0 Å². The largest absolute Gasteiger partial charge is 0.294 e. The Balaban J connectivity index is 1.51. The summed E-state index contributed by atoms with van der Waals surface area (Å²) < 4.78 is 31.2. The van der Waals surface area contributed by atoms with E-state index >= 15 is 0 Å². The summed E-state index contributed by atoms with van der Waals surface area (Å²) >= 11 is 1.31. The maximum absolute atomic E-state index is 12.8. The number of nitrogens with zero attached hydrogens (tertiary/aromatic N) is 5. The van der Waals surface area contributed by atoms with Gasteiger partial charge in [-0.15, -0.1) is 11.3 Å². The number of thiazole rings is 1. The molecular formula is C20H17N5O4S2. The van der Waals surface area contributed by atoms with Crippen LogP contribution in [-0.4, -0.2) is 35.6 Å². The number of aryl methyl sites for hydroxylation is 1. The minimum Gasteiger partial charge on any atom is -0.282 e. The molecule has 0 aliphatic carbocycles. The van der Waals surface area contributed by atoms with Crippen LogP contribution in [0.4, 0.5) is 10.8 Å². The zero-order chi connectivity index (χ0) is 22.2. The molecule has 1 aliphatic heterocycles. The molecule has 0 radical (unpaired) electrons. The van der Waals surface area contributed by atoms with Crippen LogP contribution in [0.1, 0.15) is 12.5 Å². The van der Waals surface area contributed by atoms with Crippen molar-refractivity contribution in [2.45, 2.75) is 24.8 Å². The molecule has 9 nitrogen and oxygen atoms in total. The zero-order valence-corrected chi connectivity index (χ0v) is 18.1. The van der Waals surface area contributed by atoms with Gasteiger partial charge in [-0.2, -0.15) is 28.8 Å². The topological polar surface area (TPSA) is 125 Å². The van der Waals surface area contributed by atoms with Gasteiger partial charge in [0, 0.05) is 10.9 Å². The molecule has 4 rings (SSSR count). The highest BCUT2D eigenvalue weighted by atomic mass is 32.2. The monoisotopic (exact) mass is 455 g/mol. The van der Waals surface area contributed by atoms with E-state index in [9.17, 15) is 13.2 Å². The summed E-state index contributed by atoms with van der Waals surface area (Å²) in [4.78, 5) is 17.1. The van der Waals surface area contributed by atoms with E-state index in [2.05, 4.69) is 20.3 Å². The van der Waals surface area contributed by atoms with Gasteiger partial charge in [0.15, 0.2) is 6.04 Å². The molecule has 0 saturated carbocycles. The van der Waals surface area contributed by atoms with E-state index in [1.165, 1.54) is 40.6 Å². The summed E-state index contributed by atoms with van der Waals surface area (Å²) in [6.45, 7) is 3.69. The summed E-state index contributed by atoms with van der Waals surface area (Å²) in [5.41, 5.74) is 3.66. The maximum Gasteiger partial charge on any atom is 0.294 e. The normalized spacial score (nSPS) is 16.9. The number of hydrazone groups is 1. The number of carbonyl (C=O) groups is 1. The highest BCUT2D eigenvalue weighted by molar-refractivity contribution is 7.85. The number of hydrogen-bond acceptors (Lipinski definition) is 8. The van der Waals surface area contributed by atoms with Crippen molar-refractivity contribution in [3.05, 3.63) is 59.5 Å². The Kier molecular flexibility index (Phi) is 5.48. The molecule has 2 heterocycles. The molecule has 0 spiro atoms. The van der Waals surface area contributed by atoms with Gasteiger partial charge in [0.2, 0.25) is 5.13 Å². The molecule has 1 amide bonds. The number of carbonyl (C=O) groups excluding carboxylic acids is 1. The number of aromatic nitrogens is 1. The molecule has 1 N–H and O–H groups in total. The van der Waals surface area contributed by atoms with E-state index in [1.807, 2.05) is 36.6 Å². The second-order valence-electron chi connectivity index (χ2n) is 6.86. The first-order valence-electron chi connectivity index (χ1n) is 9.12. The van der Waals surface area contributed by atoms with Crippen molar-refractivity contribution in [1.82, 2.24) is 4.98 Å². The highest BCUT2D eigenvalue weighted by Crippen LogP contribution is 2.31. The highest BCUT2D eigenvalue weighted by Gasteiger charge is 2.36. The van der Waals surface area contributed by atoms with Gasteiger partial charge >= 0.3 is 0 Å². The van der Waals surface area contributed by atoms with Crippen LogP contribution >= 0.6 is 11.3 Å². The number of amides is 1. The van der Waals surface area contributed by atoms with Crippen molar-refractivity contribution in [2.75, 3.05) is 5.01 Å². The van der Waals surface area contributed by atoms with Gasteiger partial charge in [-0.25, -0.2) is 4.98 Å². The first-order chi connectivity index (χ1) is 14.7. The van der Waals surface area contributed by atoms with Gasteiger partial charge < -0.3 is 0 Å². The van der Waals surface area contributed by atoms with E-state index in [-0.39, 0.29) is 10.8 Å². The average Bonchev–Trinajstić information content (AvgIpc) is 3.32. The molecule has 1 aliphatic rings. The van der Waals surface area contributed by atoms with Crippen LogP contribution in [-0.2, 0) is 14.9 Å². The zero-order valence-electron chi connectivity index (χ0n) is 16.5. The van der Waals surface area contributed by atoms with E-state index in [0.717, 1.165) is 16.8 Å². The van der Waals surface area contributed by atoms with Gasteiger partial charge in [0.25, 0.3) is 16.0 Å². The number of azo groups is 1. The van der Waals surface area contributed by atoms with Crippen LogP contribution in [0, 0.1) is 6.92 Å². The molecule has 0 unspecified atom stereocenters. The van der Waals surface area contributed by atoms with Crippen LogP contribution in [0.2, 0.25) is 0 Å². The Labute approximate surface area is 182 Å². The van der Waals surface area contributed by atoms with E-state index in [1.54, 1.807) is 6.92 Å². The molecule has 158 valence electrons. The minimum absolute atomic E-state index is 0.250. The number of benzene rings is 2. The third kappa shape index (κ3) is 4.43. The first-order valence-corrected chi connectivity index (χ1v) is 11.4. The molecule has 1 atom stereocenters. The van der Waals surface area contributed by atoms with Crippen LogP contribution < -0.4 is 5.01 Å². The number of rotatable bonds is 5. The van der Waals surface area contributed by atoms with Gasteiger partial charge in [-0.1, -0.05) is 29.8 Å². The second kappa shape index (κ2) is 8.10. The molecule has 31 heavy (non-hydrogen) atoms. The summed E-state index contributed by atoms with van der Waals surface area (Å²) in [6.07, 6.45) is 0. The predicted molar refractivity (Wildman–Crippen MR) is 117 cm³/mol. The standard InChI is InChI=1S/C20H17N5O4S2/c1-12-3-5-14(6-4-12)17-11-30-20(21-17)25-19(26)18(13(2)24-25)23-22-15-7-9-16(10-8-15)31(27,28)29/h3-11,18H,1-2H3,(H,27,28,29)/t18-/m1/s1. The Morgan fingerprint density at radius 1 is 1.06 bits per heavy atom. The maximum atomic E-state index is 12.8. The molecule has 0 bridgehead atoms. The van der Waals surface area contributed by atoms with Crippen LogP contribution in [0.5, 0.6) is 0 Å². The third-order valence-corrected chi connectivity index (χ3v) is 6.22. The lowest BCUT2D eigenvalue weighted by Crippen LogP contribution is -2.29. The predicted octanol–water partition coefficient (Wildman–Crippen LogP) is 4.24. The molecular weight excluding hydrogens is 438 g/mol. The Hall–Kier alpha value is -3.28. The van der Waals surface area contributed by atoms with E-state index in [0.29, 0.717) is 16.5 Å². The van der Waals surface area contributed by atoms with Crippen molar-refractivity contribution in [3.8, 4) is 11.3 Å². The smallest absolute Gasteiger partial charge is 0.282 e. The fourth-order valence-electron chi connectivity index (χ4n) is 2.85. The fraction of sp³-hybridized carbons (Fsp3) is 0.150. The van der Waals surface area contributed by atoms with Gasteiger partial charge in [-0.3, -0.25) is 9.35 Å². The summed E-state index contributed by atoms with van der Waals surface area (Å²) in [5.74, 6) is -0.374. The van der Waals surface area contributed by atoms with Crippen molar-refractivity contribution < 1.29 is 17.8 Å². The molecule has 0 fully saturated rings. The van der Waals surface area contributed by atoms with Gasteiger partial charge in [0.05, 0.1) is 22.0 Å². The SMILES string of the molecule is CC1=NN(c2nc(-c3ccc(C)cc3)cs2)C(=O)[C@@H]1N=Nc1ccc(S(=O)(=O)O)cc1. The lowest BCUT2D eigenvalue weighted by atomic mass is 10.1. The minimum atomic E-state index is -4.28. The van der Waals surface area contributed by atoms with Crippen LogP contribution in [0.3, 0.4) is 0 Å². The summed E-state index contributed by atoms with van der Waals surface area (Å²) in [6, 6.07) is 12.2. The Bertz CT molecular complexity index is 1300. The van der Waals surface area contributed by atoms with Gasteiger partial charge in [0.1, 0.15) is 0 Å². The lowest BCUT2D eigenvalue weighted by molar-refractivity contribution is -0.117. The van der Waals surface area contributed by atoms with Crippen LogP contribution in [0.15, 0.2) is 74.1 Å². The number of anilines is 1. The Morgan fingerprint density at radius 3 is 2.39 bits per heavy atom. The second-order valence-corrected chi connectivity index (χ2v) is 9.12. The van der Waals surface area contributed by atoms with Crippen molar-refractivity contribution in [2.24, 2.45) is 15.3 Å². The van der Waals surface area contributed by atoms with Crippen molar-refractivity contribution in [1.29, 1.82) is 0 Å². The first kappa shape index (κ1) is 21.0. The van der Waals surface area contributed by atoms with E-state index < -0.39 is 16.2 Å². The quantitative estimate of drug-likeness (QED) is 0.455. The summed E-state index contributed by atoms with van der Waals surface area (Å²) in [5, 5.41) is 15.9. The van der Waals surface area contributed by atoms with Crippen molar-refractivity contribution >= 4 is 43.9 Å². The molecule has 11 heteroatoms. The Morgan fingerprint density at radius 2 is 1.74 bits per heavy atom. The molecule has 0 saturated heterocycles.